The molecule has 0 radical (unpaired) electrons. The maximum atomic E-state index is 4.44. The van der Waals surface area contributed by atoms with Crippen LogP contribution in [0, 0.1) is 0 Å². The zero-order valence-corrected chi connectivity index (χ0v) is 20.2. The zero-order valence-electron chi connectivity index (χ0n) is 20.2. The first-order valence-corrected chi connectivity index (χ1v) is 12.4. The molecule has 0 saturated carbocycles. The third kappa shape index (κ3) is 2.92. The van der Waals surface area contributed by atoms with Crippen LogP contribution in [0.5, 0.6) is 0 Å². The van der Waals surface area contributed by atoms with Crippen molar-refractivity contribution in [2.45, 2.75) is 0 Å². The lowest BCUT2D eigenvalue weighted by molar-refractivity contribution is 0.393. The van der Waals surface area contributed by atoms with Crippen LogP contribution in [0.2, 0.25) is 0 Å². The second-order valence-corrected chi connectivity index (χ2v) is 9.67. The van der Waals surface area contributed by atoms with Crippen LogP contribution in [0.4, 0.5) is 17.1 Å². The molecule has 3 aliphatic heterocycles. The first-order valence-electron chi connectivity index (χ1n) is 12.4. The van der Waals surface area contributed by atoms with Crippen molar-refractivity contribution in [3.05, 3.63) is 97.3 Å². The Hall–Kier alpha value is -4.85. The molecule has 0 spiro atoms. The molecule has 0 bridgehead atoms. The third-order valence-corrected chi connectivity index (χ3v) is 7.55. The summed E-state index contributed by atoms with van der Waals surface area (Å²) in [5, 5.41) is 15.2. The number of para-hydroxylation sites is 2. The van der Waals surface area contributed by atoms with E-state index in [1.54, 1.807) is 17.2 Å². The summed E-state index contributed by atoms with van der Waals surface area (Å²) in [6, 6.07) is 30.8. The minimum Gasteiger partial charge on any atom is -0.376 e. The van der Waals surface area contributed by atoms with E-state index in [4.69, 9.17) is 0 Å². The number of benzene rings is 4. The van der Waals surface area contributed by atoms with Gasteiger partial charge in [-0.15, -0.1) is 0 Å². The summed E-state index contributed by atoms with van der Waals surface area (Å²) in [5.41, 5.74) is 12.0. The highest BCUT2D eigenvalue weighted by Crippen LogP contribution is 2.46. The van der Waals surface area contributed by atoms with Crippen LogP contribution in [-0.2, 0) is 0 Å². The first-order chi connectivity index (χ1) is 18.3. The highest BCUT2D eigenvalue weighted by Gasteiger charge is 2.42. The second-order valence-electron chi connectivity index (χ2n) is 9.67. The summed E-state index contributed by atoms with van der Waals surface area (Å²) in [5.74, 6) is 0. The molecule has 0 fully saturated rings. The Morgan fingerprint density at radius 1 is 0.676 bits per heavy atom. The molecule has 176 valence electrons. The number of rotatable bonds is 2. The Morgan fingerprint density at radius 3 is 1.89 bits per heavy atom. The van der Waals surface area contributed by atoms with Gasteiger partial charge in [0.15, 0.2) is 0 Å². The van der Waals surface area contributed by atoms with Gasteiger partial charge >= 0.3 is 6.85 Å². The van der Waals surface area contributed by atoms with E-state index in [0.717, 1.165) is 18.0 Å². The van der Waals surface area contributed by atoms with Crippen molar-refractivity contribution < 1.29 is 0 Å². The Kier molecular flexibility index (Phi) is 4.17. The summed E-state index contributed by atoms with van der Waals surface area (Å²) in [6.07, 6.45) is 5.34. The van der Waals surface area contributed by atoms with Crippen LogP contribution >= 0.6 is 0 Å². The van der Waals surface area contributed by atoms with Crippen LogP contribution in [0.15, 0.2) is 102 Å². The summed E-state index contributed by atoms with van der Waals surface area (Å²) in [7, 11) is 1.99. The highest BCUT2D eigenvalue weighted by molar-refractivity contribution is 6.92. The number of hydrazone groups is 1. The van der Waals surface area contributed by atoms with E-state index >= 15 is 0 Å². The average molecular weight is 479 g/mol. The molecule has 0 amide bonds. The SMILES string of the molecule is CN1CN(c2ccc3c(c2)B2c4cc(-n5nccn5)ccc4-c4ccccc4N2c2ccccc2-3)C=N1. The van der Waals surface area contributed by atoms with Gasteiger partial charge in [0.2, 0.25) is 0 Å². The fourth-order valence-electron chi connectivity index (χ4n) is 5.96. The fourth-order valence-corrected chi connectivity index (χ4v) is 5.96. The number of hydrogen-bond acceptors (Lipinski definition) is 6. The van der Waals surface area contributed by atoms with Gasteiger partial charge in [-0.05, 0) is 58.5 Å². The maximum Gasteiger partial charge on any atom is 0.329 e. The van der Waals surface area contributed by atoms with Gasteiger partial charge in [-0.2, -0.15) is 20.1 Å². The maximum absolute atomic E-state index is 4.44. The molecule has 0 saturated heterocycles. The number of fused-ring (bicyclic) bond motifs is 11. The van der Waals surface area contributed by atoms with Crippen molar-refractivity contribution in [2.75, 3.05) is 23.4 Å². The smallest absolute Gasteiger partial charge is 0.329 e. The van der Waals surface area contributed by atoms with Crippen LogP contribution in [0.1, 0.15) is 0 Å². The molecule has 4 aromatic carbocycles. The topological polar surface area (TPSA) is 52.8 Å². The van der Waals surface area contributed by atoms with Crippen LogP contribution in [0.25, 0.3) is 27.9 Å². The van der Waals surface area contributed by atoms with E-state index in [0.29, 0.717) is 0 Å². The van der Waals surface area contributed by atoms with Gasteiger partial charge in [0.05, 0.1) is 18.1 Å². The van der Waals surface area contributed by atoms with Crippen molar-refractivity contribution in [2.24, 2.45) is 5.10 Å². The number of aromatic nitrogens is 3. The van der Waals surface area contributed by atoms with Gasteiger partial charge in [-0.3, -0.25) is 5.01 Å². The summed E-state index contributed by atoms with van der Waals surface area (Å²) in [6.45, 7) is 0.737. The lowest BCUT2D eigenvalue weighted by atomic mass is 9.43. The van der Waals surface area contributed by atoms with Crippen LogP contribution in [-0.4, -0.2) is 46.9 Å². The van der Waals surface area contributed by atoms with Gasteiger partial charge in [0.1, 0.15) is 13.0 Å². The quantitative estimate of drug-likeness (QED) is 0.361. The Morgan fingerprint density at radius 2 is 1.27 bits per heavy atom. The van der Waals surface area contributed by atoms with Gasteiger partial charge in [-0.1, -0.05) is 48.5 Å². The van der Waals surface area contributed by atoms with Gasteiger partial charge in [0.25, 0.3) is 0 Å². The molecular formula is C29H22BN7. The fraction of sp³-hybridized carbons (Fsp3) is 0.0690. The Bertz CT molecular complexity index is 1710. The molecular weight excluding hydrogens is 457 g/mol. The average Bonchev–Trinajstić information content (AvgIpc) is 3.65. The zero-order chi connectivity index (χ0) is 24.5. The van der Waals surface area contributed by atoms with Crippen molar-refractivity contribution in [1.82, 2.24) is 20.0 Å². The Labute approximate surface area is 215 Å². The molecule has 0 atom stereocenters. The van der Waals surface area contributed by atoms with Crippen LogP contribution in [0.3, 0.4) is 0 Å². The largest absolute Gasteiger partial charge is 0.376 e. The monoisotopic (exact) mass is 479 g/mol. The molecule has 8 rings (SSSR count). The molecule has 7 nitrogen and oxygen atoms in total. The predicted octanol–water partition coefficient (Wildman–Crippen LogP) is 3.82. The summed E-state index contributed by atoms with van der Waals surface area (Å²) in [4.78, 5) is 6.38. The minimum atomic E-state index is 0.00235. The molecule has 0 unspecified atom stereocenters. The second kappa shape index (κ2) is 7.57. The van der Waals surface area contributed by atoms with Crippen molar-refractivity contribution in [3.63, 3.8) is 0 Å². The standard InChI is InChI=1S/C29H22BN7/c1-34-19-35(18-33-34)20-10-12-22-24-6-2-4-8-28(24)36-29-9-5-3-7-25(29)23-13-11-21(37-31-14-15-32-37)17-27(23)30(36)26(22)16-20/h2-18H,19H2,1H3. The van der Waals surface area contributed by atoms with E-state index in [2.05, 4.69) is 110 Å². The van der Waals surface area contributed by atoms with Crippen molar-refractivity contribution in [3.8, 4) is 27.9 Å². The number of anilines is 3. The van der Waals surface area contributed by atoms with Crippen molar-refractivity contribution in [1.29, 1.82) is 0 Å². The lowest BCUT2D eigenvalue weighted by Gasteiger charge is -2.43. The van der Waals surface area contributed by atoms with E-state index < -0.39 is 0 Å². The molecule has 3 aliphatic rings. The van der Waals surface area contributed by atoms with Crippen molar-refractivity contribution >= 4 is 41.2 Å². The molecule has 4 heterocycles. The van der Waals surface area contributed by atoms with Crippen LogP contribution < -0.4 is 20.6 Å². The molecule has 0 aliphatic carbocycles. The molecule has 1 aromatic heterocycles. The van der Waals surface area contributed by atoms with E-state index in [1.807, 2.05) is 18.4 Å². The summed E-state index contributed by atoms with van der Waals surface area (Å²) >= 11 is 0. The molecule has 37 heavy (non-hydrogen) atoms. The van der Waals surface area contributed by atoms with Gasteiger partial charge in [0, 0.05) is 35.2 Å². The molecule has 5 aromatic rings. The Balaban J connectivity index is 1.42. The molecule has 8 heteroatoms. The highest BCUT2D eigenvalue weighted by atomic mass is 15.6. The number of nitrogens with zero attached hydrogens (tertiary/aromatic N) is 7. The van der Waals surface area contributed by atoms with Gasteiger partial charge < -0.3 is 9.71 Å². The molecule has 0 N–H and O–H groups in total. The third-order valence-electron chi connectivity index (χ3n) is 7.55. The van der Waals surface area contributed by atoms with Gasteiger partial charge in [-0.25, -0.2) is 0 Å². The lowest BCUT2D eigenvalue weighted by Crippen LogP contribution is -2.59. The minimum absolute atomic E-state index is 0.00235. The van der Waals surface area contributed by atoms with E-state index in [1.165, 1.54) is 44.6 Å². The predicted molar refractivity (Wildman–Crippen MR) is 149 cm³/mol. The number of hydrogen-bond donors (Lipinski definition) is 0. The first kappa shape index (κ1) is 20.4. The van der Waals surface area contributed by atoms with E-state index in [-0.39, 0.29) is 6.85 Å². The summed E-state index contributed by atoms with van der Waals surface area (Å²) < 4.78 is 0. The normalized spacial score (nSPS) is 14.7. The van der Waals surface area contributed by atoms with E-state index in [9.17, 15) is 0 Å².